The first kappa shape index (κ1) is 12.2. The minimum absolute atomic E-state index is 0.0830. The maximum atomic E-state index is 11.1. The molecule has 0 heterocycles. The monoisotopic (exact) mass is 242 g/mol. The topological polar surface area (TPSA) is 35.5 Å². The Morgan fingerprint density at radius 3 is 2.39 bits per heavy atom. The summed E-state index contributed by atoms with van der Waals surface area (Å²) in [5, 5.41) is 0. The van der Waals surface area contributed by atoms with E-state index in [4.69, 9.17) is 4.74 Å². The molecule has 18 heavy (non-hydrogen) atoms. The van der Waals surface area contributed by atoms with E-state index >= 15 is 0 Å². The van der Waals surface area contributed by atoms with Crippen molar-refractivity contribution in [2.45, 2.75) is 0 Å². The maximum Gasteiger partial charge on any atom is 0.343 e. The van der Waals surface area contributed by atoms with Crippen LogP contribution >= 0.6 is 0 Å². The van der Waals surface area contributed by atoms with Crippen molar-refractivity contribution < 1.29 is 14.3 Å². The zero-order valence-corrected chi connectivity index (χ0v) is 10.1. The van der Waals surface area contributed by atoms with Crippen molar-refractivity contribution in [3.8, 4) is 16.9 Å². The second-order valence-electron chi connectivity index (χ2n) is 3.73. The van der Waals surface area contributed by atoms with E-state index in [0.717, 1.165) is 11.1 Å². The fourth-order valence-electron chi connectivity index (χ4n) is 1.64. The molecule has 3 heteroatoms. The third-order valence-corrected chi connectivity index (χ3v) is 2.55. The molecule has 0 bridgehead atoms. The van der Waals surface area contributed by atoms with Gasteiger partial charge in [-0.3, -0.25) is 0 Å². The van der Waals surface area contributed by atoms with Crippen molar-refractivity contribution in [1.29, 1.82) is 0 Å². The molecule has 0 amide bonds. The molecule has 0 atom stereocenters. The third-order valence-electron chi connectivity index (χ3n) is 2.55. The summed E-state index contributed by atoms with van der Waals surface area (Å²) in [5.74, 6) is 0.284. The van der Waals surface area contributed by atoms with Gasteiger partial charge < -0.3 is 9.47 Å². The molecular formula is C15H14O3. The summed E-state index contributed by atoms with van der Waals surface area (Å²) in [6.45, 7) is -0.0830. The number of esters is 1. The highest BCUT2D eigenvalue weighted by molar-refractivity contribution is 5.73. The smallest absolute Gasteiger partial charge is 0.343 e. The Morgan fingerprint density at radius 2 is 1.67 bits per heavy atom. The van der Waals surface area contributed by atoms with Crippen molar-refractivity contribution in [3.63, 3.8) is 0 Å². The van der Waals surface area contributed by atoms with Gasteiger partial charge in [0.15, 0.2) is 6.61 Å². The van der Waals surface area contributed by atoms with Gasteiger partial charge in [-0.25, -0.2) is 4.79 Å². The lowest BCUT2D eigenvalue weighted by Gasteiger charge is -2.10. The number of methoxy groups -OCH3 is 1. The van der Waals surface area contributed by atoms with Gasteiger partial charge in [-0.15, -0.1) is 0 Å². The van der Waals surface area contributed by atoms with E-state index in [0.29, 0.717) is 5.75 Å². The Kier molecular flexibility index (Phi) is 3.97. The molecule has 0 aromatic heterocycles. The molecular weight excluding hydrogens is 228 g/mol. The van der Waals surface area contributed by atoms with Crippen LogP contribution in [-0.2, 0) is 9.53 Å². The number of carbonyl (C=O) groups excluding carboxylic acids is 1. The average molecular weight is 242 g/mol. The van der Waals surface area contributed by atoms with Crippen LogP contribution in [0.4, 0.5) is 0 Å². The lowest BCUT2D eigenvalue weighted by Crippen LogP contribution is -2.12. The number of benzene rings is 2. The Hall–Kier alpha value is -2.29. The van der Waals surface area contributed by atoms with Crippen molar-refractivity contribution in [2.24, 2.45) is 0 Å². The second kappa shape index (κ2) is 5.87. The zero-order chi connectivity index (χ0) is 12.8. The van der Waals surface area contributed by atoms with Gasteiger partial charge in [0.25, 0.3) is 0 Å². The van der Waals surface area contributed by atoms with Crippen LogP contribution in [0.15, 0.2) is 54.6 Å². The molecule has 0 saturated heterocycles. The molecule has 92 valence electrons. The van der Waals surface area contributed by atoms with Crippen LogP contribution in [0.25, 0.3) is 11.1 Å². The Bertz CT molecular complexity index is 520. The van der Waals surface area contributed by atoms with Gasteiger partial charge in [-0.05, 0) is 11.6 Å². The number of carbonyl (C=O) groups is 1. The van der Waals surface area contributed by atoms with E-state index in [1.807, 2.05) is 54.6 Å². The Balaban J connectivity index is 2.24. The van der Waals surface area contributed by atoms with Crippen LogP contribution in [-0.4, -0.2) is 19.7 Å². The second-order valence-corrected chi connectivity index (χ2v) is 3.73. The summed E-state index contributed by atoms with van der Waals surface area (Å²) in [6, 6.07) is 17.5. The first-order chi connectivity index (χ1) is 8.81. The van der Waals surface area contributed by atoms with Gasteiger partial charge in [0.1, 0.15) is 5.75 Å². The SMILES string of the molecule is COC(=O)COc1ccccc1-c1ccccc1. The molecule has 0 aliphatic carbocycles. The van der Waals surface area contributed by atoms with E-state index in [-0.39, 0.29) is 6.61 Å². The number of para-hydroxylation sites is 1. The van der Waals surface area contributed by atoms with Crippen molar-refractivity contribution in [1.82, 2.24) is 0 Å². The van der Waals surface area contributed by atoms with Gasteiger partial charge in [-0.2, -0.15) is 0 Å². The van der Waals surface area contributed by atoms with Crippen LogP contribution < -0.4 is 4.74 Å². The van der Waals surface area contributed by atoms with Gasteiger partial charge in [0.05, 0.1) is 7.11 Å². The van der Waals surface area contributed by atoms with E-state index in [9.17, 15) is 4.79 Å². The van der Waals surface area contributed by atoms with Crippen LogP contribution in [0, 0.1) is 0 Å². The van der Waals surface area contributed by atoms with Crippen LogP contribution in [0.2, 0.25) is 0 Å². The maximum absolute atomic E-state index is 11.1. The normalized spacial score (nSPS) is 9.83. The third kappa shape index (κ3) is 2.88. The summed E-state index contributed by atoms with van der Waals surface area (Å²) < 4.78 is 10.0. The van der Waals surface area contributed by atoms with Gasteiger partial charge in [0, 0.05) is 5.56 Å². The van der Waals surface area contributed by atoms with Crippen LogP contribution in [0.1, 0.15) is 0 Å². The fourth-order valence-corrected chi connectivity index (χ4v) is 1.64. The summed E-state index contributed by atoms with van der Waals surface area (Å²) >= 11 is 0. The van der Waals surface area contributed by atoms with E-state index in [1.165, 1.54) is 7.11 Å². The highest BCUT2D eigenvalue weighted by Crippen LogP contribution is 2.29. The van der Waals surface area contributed by atoms with E-state index in [2.05, 4.69) is 4.74 Å². The van der Waals surface area contributed by atoms with E-state index in [1.54, 1.807) is 0 Å². The minimum atomic E-state index is -0.391. The zero-order valence-electron chi connectivity index (χ0n) is 10.1. The predicted molar refractivity (Wildman–Crippen MR) is 69.4 cm³/mol. The van der Waals surface area contributed by atoms with Gasteiger partial charge >= 0.3 is 5.97 Å². The number of rotatable bonds is 4. The highest BCUT2D eigenvalue weighted by Gasteiger charge is 2.07. The molecule has 2 aromatic carbocycles. The number of hydrogen-bond donors (Lipinski definition) is 0. The molecule has 0 N–H and O–H groups in total. The lowest BCUT2D eigenvalue weighted by molar-refractivity contribution is -0.142. The first-order valence-corrected chi connectivity index (χ1v) is 5.65. The summed E-state index contributed by atoms with van der Waals surface area (Å²) in [6.07, 6.45) is 0. The first-order valence-electron chi connectivity index (χ1n) is 5.65. The Morgan fingerprint density at radius 1 is 1.00 bits per heavy atom. The summed E-state index contributed by atoms with van der Waals surface area (Å²) in [7, 11) is 1.34. The average Bonchev–Trinajstić information content (AvgIpc) is 2.46. The summed E-state index contributed by atoms with van der Waals surface area (Å²) in [4.78, 5) is 11.1. The predicted octanol–water partition coefficient (Wildman–Crippen LogP) is 2.91. The quantitative estimate of drug-likeness (QED) is 0.773. The molecule has 2 aromatic rings. The lowest BCUT2D eigenvalue weighted by atomic mass is 10.1. The molecule has 3 nitrogen and oxygen atoms in total. The van der Waals surface area contributed by atoms with E-state index < -0.39 is 5.97 Å². The van der Waals surface area contributed by atoms with Crippen LogP contribution in [0.5, 0.6) is 5.75 Å². The van der Waals surface area contributed by atoms with Gasteiger partial charge in [-0.1, -0.05) is 48.5 Å². The largest absolute Gasteiger partial charge is 0.481 e. The summed E-state index contributed by atoms with van der Waals surface area (Å²) in [5.41, 5.74) is 2.01. The standard InChI is InChI=1S/C15H14O3/c1-17-15(16)11-18-14-10-6-5-9-13(14)12-7-3-2-4-8-12/h2-10H,11H2,1H3. The highest BCUT2D eigenvalue weighted by atomic mass is 16.6. The molecule has 0 aliphatic heterocycles. The van der Waals surface area contributed by atoms with Crippen LogP contribution in [0.3, 0.4) is 0 Å². The van der Waals surface area contributed by atoms with Gasteiger partial charge in [0.2, 0.25) is 0 Å². The molecule has 0 fully saturated rings. The van der Waals surface area contributed by atoms with Crippen molar-refractivity contribution in [3.05, 3.63) is 54.6 Å². The molecule has 0 unspecified atom stereocenters. The molecule has 0 aliphatic rings. The number of hydrogen-bond acceptors (Lipinski definition) is 3. The molecule has 0 radical (unpaired) electrons. The number of ether oxygens (including phenoxy) is 2. The minimum Gasteiger partial charge on any atom is -0.481 e. The molecule has 0 saturated carbocycles. The Labute approximate surface area is 106 Å². The molecule has 2 rings (SSSR count). The van der Waals surface area contributed by atoms with Crippen molar-refractivity contribution in [2.75, 3.05) is 13.7 Å². The van der Waals surface area contributed by atoms with Crippen molar-refractivity contribution >= 4 is 5.97 Å². The fraction of sp³-hybridized carbons (Fsp3) is 0.133. The molecule has 0 spiro atoms.